The Morgan fingerprint density at radius 2 is 2.09 bits per heavy atom. The van der Waals surface area contributed by atoms with Crippen LogP contribution in [0.4, 0.5) is 11.8 Å². The van der Waals surface area contributed by atoms with E-state index in [1.807, 2.05) is 18.2 Å². The van der Waals surface area contributed by atoms with Gasteiger partial charge in [-0.15, -0.1) is 0 Å². The Hall–Kier alpha value is -2.01. The van der Waals surface area contributed by atoms with Crippen LogP contribution in [0.1, 0.15) is 31.9 Å². The molecule has 2 aromatic rings. The van der Waals surface area contributed by atoms with Gasteiger partial charge in [-0.1, -0.05) is 25.4 Å². The maximum absolute atomic E-state index is 6.15. The molecule has 0 aliphatic heterocycles. The van der Waals surface area contributed by atoms with Crippen molar-refractivity contribution in [2.24, 2.45) is 5.92 Å². The number of hydrogen-bond acceptors (Lipinski definition) is 5. The summed E-state index contributed by atoms with van der Waals surface area (Å²) in [7, 11) is 1.65. The van der Waals surface area contributed by atoms with Gasteiger partial charge in [0, 0.05) is 16.8 Å². The number of anilines is 2. The normalized spacial score (nSPS) is 12.2. The standard InChI is InChI=1S/C16H21ClN4O/c1-10(2)8-13(20-16-19-7-6-15(18)21-16)12-9-11(17)4-5-14(12)22-3/h4-7,9-10,13H,8H2,1-3H3,(H3,18,19,20,21). The number of hydrogen-bond donors (Lipinski definition) is 2. The van der Waals surface area contributed by atoms with E-state index < -0.39 is 0 Å². The lowest BCUT2D eigenvalue weighted by molar-refractivity contribution is 0.402. The Kier molecular flexibility index (Phi) is 5.44. The molecular weight excluding hydrogens is 300 g/mol. The van der Waals surface area contributed by atoms with Gasteiger partial charge in [-0.3, -0.25) is 0 Å². The van der Waals surface area contributed by atoms with Crippen LogP contribution < -0.4 is 15.8 Å². The zero-order chi connectivity index (χ0) is 16.1. The minimum atomic E-state index is -0.0181. The van der Waals surface area contributed by atoms with Gasteiger partial charge in [0.15, 0.2) is 0 Å². The molecular formula is C16H21ClN4O. The van der Waals surface area contributed by atoms with Crippen molar-refractivity contribution >= 4 is 23.4 Å². The predicted octanol–water partition coefficient (Wildman–Crippen LogP) is 3.92. The van der Waals surface area contributed by atoms with Crippen LogP contribution in [0.25, 0.3) is 0 Å². The monoisotopic (exact) mass is 320 g/mol. The number of benzene rings is 1. The molecule has 118 valence electrons. The Morgan fingerprint density at radius 3 is 2.73 bits per heavy atom. The lowest BCUT2D eigenvalue weighted by Crippen LogP contribution is -2.16. The molecule has 5 nitrogen and oxygen atoms in total. The first kappa shape index (κ1) is 16.4. The van der Waals surface area contributed by atoms with Crippen molar-refractivity contribution in [1.29, 1.82) is 0 Å². The van der Waals surface area contributed by atoms with Crippen LogP contribution in [0.15, 0.2) is 30.5 Å². The van der Waals surface area contributed by atoms with Gasteiger partial charge in [0.2, 0.25) is 5.95 Å². The van der Waals surface area contributed by atoms with Gasteiger partial charge in [0.1, 0.15) is 11.6 Å². The van der Waals surface area contributed by atoms with E-state index in [1.54, 1.807) is 19.4 Å². The van der Waals surface area contributed by atoms with E-state index in [0.717, 1.165) is 17.7 Å². The molecule has 22 heavy (non-hydrogen) atoms. The molecule has 0 fully saturated rings. The molecule has 0 aliphatic rings. The van der Waals surface area contributed by atoms with E-state index >= 15 is 0 Å². The van der Waals surface area contributed by atoms with Crippen LogP contribution in [-0.4, -0.2) is 17.1 Å². The highest BCUT2D eigenvalue weighted by atomic mass is 35.5. The molecule has 3 N–H and O–H groups in total. The summed E-state index contributed by atoms with van der Waals surface area (Å²) in [6.45, 7) is 4.32. The Labute approximate surface area is 135 Å². The molecule has 0 bridgehead atoms. The molecule has 0 saturated carbocycles. The first-order valence-electron chi connectivity index (χ1n) is 7.18. The van der Waals surface area contributed by atoms with E-state index in [0.29, 0.717) is 22.7 Å². The SMILES string of the molecule is COc1ccc(Cl)cc1C(CC(C)C)Nc1nccc(N)n1. The largest absolute Gasteiger partial charge is 0.496 e. The minimum absolute atomic E-state index is 0.0181. The van der Waals surface area contributed by atoms with Crippen LogP contribution in [-0.2, 0) is 0 Å². The summed E-state index contributed by atoms with van der Waals surface area (Å²) in [5.41, 5.74) is 6.70. The van der Waals surface area contributed by atoms with Crippen LogP contribution >= 0.6 is 11.6 Å². The van der Waals surface area contributed by atoms with Gasteiger partial charge in [-0.05, 0) is 36.6 Å². The van der Waals surface area contributed by atoms with Gasteiger partial charge >= 0.3 is 0 Å². The summed E-state index contributed by atoms with van der Waals surface area (Å²) >= 11 is 6.15. The van der Waals surface area contributed by atoms with Gasteiger partial charge in [0.05, 0.1) is 13.2 Å². The number of aromatic nitrogens is 2. The van der Waals surface area contributed by atoms with Crippen molar-refractivity contribution in [3.05, 3.63) is 41.0 Å². The van der Waals surface area contributed by atoms with Crippen molar-refractivity contribution in [3.8, 4) is 5.75 Å². The van der Waals surface area contributed by atoms with Crippen molar-refractivity contribution in [2.45, 2.75) is 26.3 Å². The van der Waals surface area contributed by atoms with Gasteiger partial charge in [0.25, 0.3) is 0 Å². The molecule has 0 saturated heterocycles. The van der Waals surface area contributed by atoms with Crippen molar-refractivity contribution in [2.75, 3.05) is 18.2 Å². The number of nitrogens with two attached hydrogens (primary N) is 1. The number of halogens is 1. The first-order chi connectivity index (χ1) is 10.5. The molecule has 1 atom stereocenters. The molecule has 6 heteroatoms. The summed E-state index contributed by atoms with van der Waals surface area (Å²) in [6.07, 6.45) is 2.52. The predicted molar refractivity (Wildman–Crippen MR) is 90.3 cm³/mol. The van der Waals surface area contributed by atoms with E-state index in [4.69, 9.17) is 22.1 Å². The van der Waals surface area contributed by atoms with Crippen LogP contribution in [0.2, 0.25) is 5.02 Å². The van der Waals surface area contributed by atoms with E-state index in [9.17, 15) is 0 Å². The topological polar surface area (TPSA) is 73.1 Å². The highest BCUT2D eigenvalue weighted by Gasteiger charge is 2.19. The highest BCUT2D eigenvalue weighted by Crippen LogP contribution is 2.33. The average Bonchev–Trinajstić information content (AvgIpc) is 2.46. The maximum atomic E-state index is 6.15. The van der Waals surface area contributed by atoms with E-state index in [-0.39, 0.29) is 6.04 Å². The number of nitrogen functional groups attached to an aromatic ring is 1. The maximum Gasteiger partial charge on any atom is 0.225 e. The third-order valence-corrected chi connectivity index (χ3v) is 3.49. The van der Waals surface area contributed by atoms with E-state index in [2.05, 4.69) is 29.1 Å². The molecule has 0 amide bonds. The summed E-state index contributed by atoms with van der Waals surface area (Å²) in [4.78, 5) is 8.42. The second-order valence-electron chi connectivity index (χ2n) is 5.52. The first-order valence-corrected chi connectivity index (χ1v) is 7.56. The molecule has 1 aromatic carbocycles. The second-order valence-corrected chi connectivity index (χ2v) is 5.95. The fourth-order valence-corrected chi connectivity index (χ4v) is 2.49. The number of ether oxygens (including phenoxy) is 1. The Balaban J connectivity index is 2.35. The summed E-state index contributed by atoms with van der Waals surface area (Å²) in [5, 5.41) is 4.00. The zero-order valence-electron chi connectivity index (χ0n) is 13.0. The number of nitrogens with zero attached hydrogens (tertiary/aromatic N) is 2. The lowest BCUT2D eigenvalue weighted by Gasteiger charge is -2.23. The molecule has 0 spiro atoms. The lowest BCUT2D eigenvalue weighted by atomic mass is 9.96. The third-order valence-electron chi connectivity index (χ3n) is 3.25. The average molecular weight is 321 g/mol. The smallest absolute Gasteiger partial charge is 0.225 e. The van der Waals surface area contributed by atoms with Crippen molar-refractivity contribution < 1.29 is 4.74 Å². The summed E-state index contributed by atoms with van der Waals surface area (Å²) in [5.74, 6) is 2.18. The molecule has 0 radical (unpaired) electrons. The van der Waals surface area contributed by atoms with Gasteiger partial charge < -0.3 is 15.8 Å². The van der Waals surface area contributed by atoms with Gasteiger partial charge in [-0.2, -0.15) is 4.98 Å². The molecule has 2 rings (SSSR count). The van der Waals surface area contributed by atoms with Crippen LogP contribution in [0, 0.1) is 5.92 Å². The molecule has 1 unspecified atom stereocenters. The molecule has 0 aliphatic carbocycles. The zero-order valence-corrected chi connectivity index (χ0v) is 13.8. The van der Waals surface area contributed by atoms with Gasteiger partial charge in [-0.25, -0.2) is 4.98 Å². The molecule has 1 aromatic heterocycles. The van der Waals surface area contributed by atoms with Crippen molar-refractivity contribution in [1.82, 2.24) is 9.97 Å². The number of methoxy groups -OCH3 is 1. The third kappa shape index (κ3) is 4.24. The highest BCUT2D eigenvalue weighted by molar-refractivity contribution is 6.30. The fraction of sp³-hybridized carbons (Fsp3) is 0.375. The Bertz CT molecular complexity index is 633. The second kappa shape index (κ2) is 7.31. The quantitative estimate of drug-likeness (QED) is 0.844. The number of nitrogens with one attached hydrogen (secondary N) is 1. The fourth-order valence-electron chi connectivity index (χ4n) is 2.31. The summed E-state index contributed by atoms with van der Waals surface area (Å²) in [6, 6.07) is 7.23. The summed E-state index contributed by atoms with van der Waals surface area (Å²) < 4.78 is 5.46. The van der Waals surface area contributed by atoms with Crippen molar-refractivity contribution in [3.63, 3.8) is 0 Å². The van der Waals surface area contributed by atoms with Crippen LogP contribution in [0.3, 0.4) is 0 Å². The van der Waals surface area contributed by atoms with E-state index in [1.165, 1.54) is 0 Å². The Morgan fingerprint density at radius 1 is 1.32 bits per heavy atom. The number of rotatable bonds is 6. The van der Waals surface area contributed by atoms with Crippen LogP contribution in [0.5, 0.6) is 5.75 Å². The molecule has 1 heterocycles. The minimum Gasteiger partial charge on any atom is -0.496 e.